The number of nitrogens with one attached hydrogen (secondary N) is 2. The Balaban J connectivity index is 2.14. The zero-order chi connectivity index (χ0) is 13.7. The molecule has 7 heteroatoms. The van der Waals surface area contributed by atoms with E-state index in [1.54, 1.807) is 17.6 Å². The lowest BCUT2D eigenvalue weighted by atomic mass is 10.2. The highest BCUT2D eigenvalue weighted by atomic mass is 35.5. The lowest BCUT2D eigenvalue weighted by Gasteiger charge is -2.07. The van der Waals surface area contributed by atoms with Crippen molar-refractivity contribution in [2.75, 3.05) is 17.2 Å². The van der Waals surface area contributed by atoms with Gasteiger partial charge < -0.3 is 5.32 Å². The Kier molecular flexibility index (Phi) is 4.70. The monoisotopic (exact) mass is 296 g/mol. The minimum absolute atomic E-state index is 0.251. The Labute approximate surface area is 120 Å². The summed E-state index contributed by atoms with van der Waals surface area (Å²) in [6.45, 7) is 2.83. The SMILES string of the molecule is CCCNc1cc(C(=O)Nc2nccs2)cc(Cl)n1. The highest BCUT2D eigenvalue weighted by Crippen LogP contribution is 2.17. The summed E-state index contributed by atoms with van der Waals surface area (Å²) in [4.78, 5) is 20.1. The molecule has 0 radical (unpaired) electrons. The molecular weight excluding hydrogens is 284 g/mol. The largest absolute Gasteiger partial charge is 0.370 e. The van der Waals surface area contributed by atoms with Crippen molar-refractivity contribution < 1.29 is 4.79 Å². The van der Waals surface area contributed by atoms with Crippen molar-refractivity contribution in [3.05, 3.63) is 34.4 Å². The van der Waals surface area contributed by atoms with Crippen molar-refractivity contribution in [2.24, 2.45) is 0 Å². The van der Waals surface area contributed by atoms with Crippen molar-refractivity contribution >= 4 is 39.8 Å². The van der Waals surface area contributed by atoms with Crippen molar-refractivity contribution in [3.8, 4) is 0 Å². The van der Waals surface area contributed by atoms with Gasteiger partial charge in [0.1, 0.15) is 11.0 Å². The van der Waals surface area contributed by atoms with Gasteiger partial charge >= 0.3 is 0 Å². The van der Waals surface area contributed by atoms with Crippen molar-refractivity contribution in [2.45, 2.75) is 13.3 Å². The van der Waals surface area contributed by atoms with Crippen LogP contribution in [-0.2, 0) is 0 Å². The number of anilines is 2. The van der Waals surface area contributed by atoms with E-state index in [0.29, 0.717) is 16.5 Å². The molecule has 0 saturated carbocycles. The van der Waals surface area contributed by atoms with Gasteiger partial charge in [0.05, 0.1) is 0 Å². The van der Waals surface area contributed by atoms with E-state index >= 15 is 0 Å². The first-order valence-corrected chi connectivity index (χ1v) is 7.07. The third-order valence-electron chi connectivity index (χ3n) is 2.27. The van der Waals surface area contributed by atoms with Gasteiger partial charge in [-0.1, -0.05) is 18.5 Å². The highest BCUT2D eigenvalue weighted by Gasteiger charge is 2.10. The van der Waals surface area contributed by atoms with Gasteiger partial charge in [0.15, 0.2) is 5.13 Å². The molecule has 2 aromatic rings. The molecule has 100 valence electrons. The molecule has 0 fully saturated rings. The molecule has 0 atom stereocenters. The number of aromatic nitrogens is 2. The fourth-order valence-corrected chi connectivity index (χ4v) is 2.16. The number of rotatable bonds is 5. The molecule has 0 aromatic carbocycles. The second-order valence-corrected chi connectivity index (χ2v) is 5.06. The van der Waals surface area contributed by atoms with E-state index < -0.39 is 0 Å². The van der Waals surface area contributed by atoms with Crippen LogP contribution in [0.1, 0.15) is 23.7 Å². The topological polar surface area (TPSA) is 66.9 Å². The molecule has 0 aliphatic heterocycles. The molecule has 0 aliphatic carbocycles. The molecule has 1 amide bonds. The fraction of sp³-hybridized carbons (Fsp3) is 0.250. The molecule has 2 rings (SSSR count). The van der Waals surface area contributed by atoms with E-state index in [4.69, 9.17) is 11.6 Å². The molecule has 0 aliphatic rings. The number of nitrogens with zero attached hydrogens (tertiary/aromatic N) is 2. The molecule has 0 unspecified atom stereocenters. The Morgan fingerprint density at radius 3 is 3.00 bits per heavy atom. The first-order chi connectivity index (χ1) is 9.19. The van der Waals surface area contributed by atoms with Crippen LogP contribution >= 0.6 is 22.9 Å². The summed E-state index contributed by atoms with van der Waals surface area (Å²) < 4.78 is 0. The number of carbonyl (C=O) groups excluding carboxylic acids is 1. The number of hydrogen-bond donors (Lipinski definition) is 2. The Morgan fingerprint density at radius 1 is 1.47 bits per heavy atom. The molecule has 2 heterocycles. The Bertz CT molecular complexity index is 559. The zero-order valence-corrected chi connectivity index (χ0v) is 11.9. The minimum Gasteiger partial charge on any atom is -0.370 e. The van der Waals surface area contributed by atoms with Crippen LogP contribution in [0.25, 0.3) is 0 Å². The summed E-state index contributed by atoms with van der Waals surface area (Å²) in [7, 11) is 0. The van der Waals surface area contributed by atoms with Crippen LogP contribution in [0.2, 0.25) is 5.15 Å². The van der Waals surface area contributed by atoms with E-state index in [9.17, 15) is 4.79 Å². The maximum Gasteiger partial charge on any atom is 0.257 e. The van der Waals surface area contributed by atoms with Crippen molar-refractivity contribution in [1.82, 2.24) is 9.97 Å². The average Bonchev–Trinajstić information content (AvgIpc) is 2.88. The van der Waals surface area contributed by atoms with Gasteiger partial charge in [-0.2, -0.15) is 0 Å². The summed E-state index contributed by atoms with van der Waals surface area (Å²) in [5.41, 5.74) is 0.453. The second kappa shape index (κ2) is 6.49. The Hall–Kier alpha value is -1.66. The van der Waals surface area contributed by atoms with Crippen LogP contribution in [-0.4, -0.2) is 22.4 Å². The molecule has 5 nitrogen and oxygen atoms in total. The predicted molar refractivity (Wildman–Crippen MR) is 78.1 cm³/mol. The molecule has 0 saturated heterocycles. The van der Waals surface area contributed by atoms with Crippen LogP contribution in [0.3, 0.4) is 0 Å². The highest BCUT2D eigenvalue weighted by molar-refractivity contribution is 7.13. The summed E-state index contributed by atoms with van der Waals surface area (Å²) in [6, 6.07) is 3.20. The maximum atomic E-state index is 12.0. The lowest BCUT2D eigenvalue weighted by molar-refractivity contribution is 0.102. The molecule has 0 spiro atoms. The first kappa shape index (κ1) is 13.8. The number of amides is 1. The number of thiazole rings is 1. The predicted octanol–water partition coefficient (Wildman–Crippen LogP) is 3.27. The molecule has 0 bridgehead atoms. The van der Waals surface area contributed by atoms with Gasteiger partial charge in [-0.3, -0.25) is 10.1 Å². The Morgan fingerprint density at radius 2 is 2.32 bits per heavy atom. The third-order valence-corrected chi connectivity index (χ3v) is 3.15. The quantitative estimate of drug-likeness (QED) is 0.831. The lowest BCUT2D eigenvalue weighted by Crippen LogP contribution is -2.13. The van der Waals surface area contributed by atoms with Crippen LogP contribution in [0.15, 0.2) is 23.7 Å². The smallest absolute Gasteiger partial charge is 0.257 e. The van der Waals surface area contributed by atoms with Gasteiger partial charge in [-0.15, -0.1) is 11.3 Å². The van der Waals surface area contributed by atoms with Crippen LogP contribution in [0.5, 0.6) is 0 Å². The van der Waals surface area contributed by atoms with Crippen molar-refractivity contribution in [3.63, 3.8) is 0 Å². The molecule has 2 aromatic heterocycles. The van der Waals surface area contributed by atoms with Crippen LogP contribution in [0, 0.1) is 0 Å². The van der Waals surface area contributed by atoms with Gasteiger partial charge in [-0.05, 0) is 18.6 Å². The van der Waals surface area contributed by atoms with Crippen LogP contribution < -0.4 is 10.6 Å². The maximum absolute atomic E-state index is 12.0. The standard InChI is InChI=1S/C12H13ClN4OS/c1-2-3-14-10-7-8(6-9(13)16-10)11(18)17-12-15-4-5-19-12/h4-7H,2-3H2,1H3,(H,14,16)(H,15,17,18). The van der Waals surface area contributed by atoms with E-state index in [-0.39, 0.29) is 11.1 Å². The average molecular weight is 297 g/mol. The molecular formula is C12H13ClN4OS. The minimum atomic E-state index is -0.251. The van der Waals surface area contributed by atoms with E-state index in [0.717, 1.165) is 13.0 Å². The first-order valence-electron chi connectivity index (χ1n) is 5.81. The molecule has 19 heavy (non-hydrogen) atoms. The zero-order valence-electron chi connectivity index (χ0n) is 10.3. The van der Waals surface area contributed by atoms with Gasteiger partial charge in [0.2, 0.25) is 0 Å². The third kappa shape index (κ3) is 3.90. The molecule has 2 N–H and O–H groups in total. The van der Waals surface area contributed by atoms with E-state index in [1.807, 2.05) is 6.92 Å². The summed E-state index contributed by atoms with van der Waals surface area (Å²) >= 11 is 7.27. The van der Waals surface area contributed by atoms with Gasteiger partial charge in [0.25, 0.3) is 5.91 Å². The number of hydrogen-bond acceptors (Lipinski definition) is 5. The normalized spacial score (nSPS) is 10.2. The van der Waals surface area contributed by atoms with Crippen molar-refractivity contribution in [1.29, 1.82) is 0 Å². The second-order valence-electron chi connectivity index (χ2n) is 3.78. The van der Waals surface area contributed by atoms with E-state index in [1.165, 1.54) is 17.4 Å². The summed E-state index contributed by atoms with van der Waals surface area (Å²) in [5, 5.41) is 8.44. The summed E-state index contributed by atoms with van der Waals surface area (Å²) in [5.74, 6) is 0.345. The fourth-order valence-electron chi connectivity index (χ4n) is 1.43. The summed E-state index contributed by atoms with van der Waals surface area (Å²) in [6.07, 6.45) is 2.60. The number of carbonyl (C=O) groups is 1. The van der Waals surface area contributed by atoms with E-state index in [2.05, 4.69) is 20.6 Å². The van der Waals surface area contributed by atoms with Crippen LogP contribution in [0.4, 0.5) is 10.9 Å². The number of halogens is 1. The van der Waals surface area contributed by atoms with Gasteiger partial charge in [0, 0.05) is 23.7 Å². The van der Waals surface area contributed by atoms with Gasteiger partial charge in [-0.25, -0.2) is 9.97 Å². The number of pyridine rings is 1.